The Morgan fingerprint density at radius 2 is 2.17 bits per heavy atom. The summed E-state index contributed by atoms with van der Waals surface area (Å²) in [6.07, 6.45) is 0.565. The highest BCUT2D eigenvalue weighted by molar-refractivity contribution is 5.33. The van der Waals surface area contributed by atoms with Crippen LogP contribution in [0.5, 0.6) is 0 Å². The van der Waals surface area contributed by atoms with Gasteiger partial charge in [-0.15, -0.1) is 0 Å². The average molecular weight is 249 g/mol. The lowest BCUT2D eigenvalue weighted by Crippen LogP contribution is -2.23. The number of aliphatic hydroxyl groups excluding tert-OH is 1. The second-order valence-corrected chi connectivity index (χ2v) is 5.13. The van der Waals surface area contributed by atoms with E-state index in [1.807, 2.05) is 31.5 Å². The van der Waals surface area contributed by atoms with Crippen LogP contribution in [0.2, 0.25) is 0 Å². The molecular weight excluding hydrogens is 226 g/mol. The second kappa shape index (κ2) is 6.58. The van der Waals surface area contributed by atoms with Gasteiger partial charge < -0.3 is 15.0 Å². The summed E-state index contributed by atoms with van der Waals surface area (Å²) < 4.78 is 1.91. The molecule has 1 aromatic rings. The van der Waals surface area contributed by atoms with Crippen molar-refractivity contribution in [3.8, 4) is 6.07 Å². The van der Waals surface area contributed by atoms with Crippen LogP contribution in [0.1, 0.15) is 37.2 Å². The van der Waals surface area contributed by atoms with Gasteiger partial charge in [0.1, 0.15) is 11.8 Å². The van der Waals surface area contributed by atoms with Crippen LogP contribution >= 0.6 is 0 Å². The molecule has 0 saturated carbocycles. The van der Waals surface area contributed by atoms with Gasteiger partial charge in [-0.25, -0.2) is 0 Å². The third kappa shape index (κ3) is 3.86. The smallest absolute Gasteiger partial charge is 0.120 e. The van der Waals surface area contributed by atoms with Crippen molar-refractivity contribution in [1.82, 2.24) is 9.88 Å². The fourth-order valence-corrected chi connectivity index (χ4v) is 2.17. The molecule has 0 radical (unpaired) electrons. The van der Waals surface area contributed by atoms with Crippen LogP contribution in [-0.4, -0.2) is 22.3 Å². The number of nitrogens with zero attached hydrogens (tertiary/aromatic N) is 2. The second-order valence-electron chi connectivity index (χ2n) is 5.13. The molecule has 18 heavy (non-hydrogen) atoms. The Kier molecular flexibility index (Phi) is 5.39. The van der Waals surface area contributed by atoms with E-state index in [-0.39, 0.29) is 6.10 Å². The number of rotatable bonds is 6. The molecule has 0 bridgehead atoms. The zero-order valence-electron chi connectivity index (χ0n) is 11.7. The van der Waals surface area contributed by atoms with Gasteiger partial charge >= 0.3 is 0 Å². The van der Waals surface area contributed by atoms with Gasteiger partial charge in [-0.3, -0.25) is 0 Å². The lowest BCUT2D eigenvalue weighted by Gasteiger charge is -2.14. The van der Waals surface area contributed by atoms with Crippen LogP contribution < -0.4 is 5.32 Å². The van der Waals surface area contributed by atoms with Gasteiger partial charge in [0.2, 0.25) is 0 Å². The maximum absolute atomic E-state index is 9.29. The van der Waals surface area contributed by atoms with Gasteiger partial charge in [-0.05, 0) is 44.4 Å². The van der Waals surface area contributed by atoms with Crippen molar-refractivity contribution in [2.75, 3.05) is 6.54 Å². The number of hydrogen-bond acceptors (Lipinski definition) is 3. The van der Waals surface area contributed by atoms with Gasteiger partial charge in [0.05, 0.1) is 6.10 Å². The summed E-state index contributed by atoms with van der Waals surface area (Å²) in [6.45, 7) is 7.61. The first-order valence-electron chi connectivity index (χ1n) is 6.39. The highest BCUT2D eigenvalue weighted by atomic mass is 16.3. The molecule has 0 aromatic carbocycles. The van der Waals surface area contributed by atoms with E-state index in [0.29, 0.717) is 11.6 Å². The molecule has 0 fully saturated rings. The molecule has 1 rings (SSSR count). The van der Waals surface area contributed by atoms with E-state index in [2.05, 4.69) is 18.3 Å². The lowest BCUT2D eigenvalue weighted by molar-refractivity contribution is 0.163. The van der Waals surface area contributed by atoms with E-state index in [9.17, 15) is 5.11 Å². The highest BCUT2D eigenvalue weighted by Crippen LogP contribution is 2.13. The van der Waals surface area contributed by atoms with Gasteiger partial charge in [-0.2, -0.15) is 5.26 Å². The fourth-order valence-electron chi connectivity index (χ4n) is 2.17. The minimum Gasteiger partial charge on any atom is -0.393 e. The van der Waals surface area contributed by atoms with E-state index in [1.165, 1.54) is 5.56 Å². The van der Waals surface area contributed by atoms with Crippen LogP contribution in [0.15, 0.2) is 6.07 Å². The Labute approximate surface area is 109 Å². The predicted octanol–water partition coefficient (Wildman–Crippen LogP) is 1.70. The molecule has 0 saturated heterocycles. The quantitative estimate of drug-likeness (QED) is 0.806. The Morgan fingerprint density at radius 3 is 2.67 bits per heavy atom. The summed E-state index contributed by atoms with van der Waals surface area (Å²) in [5, 5.41) is 21.6. The molecule has 100 valence electrons. The zero-order valence-corrected chi connectivity index (χ0v) is 11.7. The summed E-state index contributed by atoms with van der Waals surface area (Å²) in [4.78, 5) is 0. The molecule has 0 aliphatic heterocycles. The molecule has 2 atom stereocenters. The van der Waals surface area contributed by atoms with Gasteiger partial charge in [0.25, 0.3) is 0 Å². The summed E-state index contributed by atoms with van der Waals surface area (Å²) in [5.74, 6) is 0.449. The highest BCUT2D eigenvalue weighted by Gasteiger charge is 2.09. The van der Waals surface area contributed by atoms with Gasteiger partial charge in [0.15, 0.2) is 0 Å². The molecule has 0 amide bonds. The number of hydrogen-bond donors (Lipinski definition) is 2. The van der Waals surface area contributed by atoms with Crippen molar-refractivity contribution in [3.63, 3.8) is 0 Å². The largest absolute Gasteiger partial charge is 0.393 e. The monoisotopic (exact) mass is 249 g/mol. The van der Waals surface area contributed by atoms with Crippen LogP contribution in [-0.2, 0) is 13.6 Å². The first-order chi connectivity index (χ1) is 8.45. The summed E-state index contributed by atoms with van der Waals surface area (Å²) in [7, 11) is 1.91. The Balaban J connectivity index is 2.47. The molecular formula is C14H23N3O. The van der Waals surface area contributed by atoms with Crippen molar-refractivity contribution in [1.29, 1.82) is 5.26 Å². The first kappa shape index (κ1) is 14.7. The number of nitrogens with one attached hydrogen (secondary N) is 1. The summed E-state index contributed by atoms with van der Waals surface area (Å²) >= 11 is 0. The lowest BCUT2D eigenvalue weighted by atomic mass is 10.0. The summed E-state index contributed by atoms with van der Waals surface area (Å²) in [5.41, 5.74) is 2.99. The average Bonchev–Trinajstić information content (AvgIpc) is 2.56. The van der Waals surface area contributed by atoms with E-state index in [1.54, 1.807) is 0 Å². The number of nitriles is 1. The van der Waals surface area contributed by atoms with E-state index >= 15 is 0 Å². The van der Waals surface area contributed by atoms with Crippen LogP contribution in [0.25, 0.3) is 0 Å². The van der Waals surface area contributed by atoms with Crippen LogP contribution in [0.4, 0.5) is 0 Å². The predicted molar refractivity (Wildman–Crippen MR) is 72.0 cm³/mol. The van der Waals surface area contributed by atoms with Gasteiger partial charge in [0, 0.05) is 19.3 Å². The zero-order chi connectivity index (χ0) is 13.7. The third-order valence-corrected chi connectivity index (χ3v) is 3.31. The minimum atomic E-state index is -0.245. The topological polar surface area (TPSA) is 61.0 Å². The third-order valence-electron chi connectivity index (χ3n) is 3.31. The Bertz CT molecular complexity index is 429. The van der Waals surface area contributed by atoms with E-state index < -0.39 is 0 Å². The molecule has 1 heterocycles. The van der Waals surface area contributed by atoms with Crippen molar-refractivity contribution in [2.24, 2.45) is 13.0 Å². The molecule has 0 aliphatic carbocycles. The molecule has 2 N–H and O–H groups in total. The van der Waals surface area contributed by atoms with Crippen molar-refractivity contribution >= 4 is 0 Å². The minimum absolute atomic E-state index is 0.245. The van der Waals surface area contributed by atoms with Crippen LogP contribution in [0, 0.1) is 24.2 Å². The van der Waals surface area contributed by atoms with Crippen molar-refractivity contribution in [2.45, 2.75) is 39.8 Å². The SMILES string of the molecule is Cc1c(CNCC(C)CC(C)O)cc(C#N)n1C. The molecule has 1 aromatic heterocycles. The van der Waals surface area contributed by atoms with E-state index in [0.717, 1.165) is 25.2 Å². The van der Waals surface area contributed by atoms with E-state index in [4.69, 9.17) is 5.26 Å². The van der Waals surface area contributed by atoms with Crippen molar-refractivity contribution in [3.05, 3.63) is 23.0 Å². The molecule has 2 unspecified atom stereocenters. The molecule has 4 heteroatoms. The Hall–Kier alpha value is -1.31. The Morgan fingerprint density at radius 1 is 1.50 bits per heavy atom. The standard InChI is InChI=1S/C14H23N3O/c1-10(5-11(2)18)8-16-9-13-6-14(7-15)17(4)12(13)3/h6,10-11,16,18H,5,8-9H2,1-4H3. The molecule has 4 nitrogen and oxygen atoms in total. The van der Waals surface area contributed by atoms with Crippen molar-refractivity contribution < 1.29 is 5.11 Å². The molecule has 0 aliphatic rings. The number of aliphatic hydroxyl groups is 1. The fraction of sp³-hybridized carbons (Fsp3) is 0.643. The summed E-state index contributed by atoms with van der Waals surface area (Å²) in [6, 6.07) is 4.12. The first-order valence-corrected chi connectivity index (χ1v) is 6.39. The maximum Gasteiger partial charge on any atom is 0.120 e. The normalized spacial score (nSPS) is 14.2. The van der Waals surface area contributed by atoms with Crippen LogP contribution in [0.3, 0.4) is 0 Å². The number of aromatic nitrogens is 1. The maximum atomic E-state index is 9.29. The molecule has 0 spiro atoms. The van der Waals surface area contributed by atoms with Gasteiger partial charge in [-0.1, -0.05) is 6.92 Å².